The van der Waals surface area contributed by atoms with Crippen LogP contribution in [0.5, 0.6) is 0 Å². The van der Waals surface area contributed by atoms with Gasteiger partial charge in [-0.2, -0.15) is 0 Å². The fraction of sp³-hybridized carbons (Fsp3) is 0.0952. The highest BCUT2D eigenvalue weighted by Gasteiger charge is 2.22. The van der Waals surface area contributed by atoms with Crippen LogP contribution in [-0.4, -0.2) is 14.3 Å². The fourth-order valence-corrected chi connectivity index (χ4v) is 4.36. The van der Waals surface area contributed by atoms with Crippen molar-refractivity contribution in [1.82, 2.24) is 0 Å². The van der Waals surface area contributed by atoms with Crippen molar-refractivity contribution >= 4 is 38.9 Å². The molecule has 0 heterocycles. The predicted molar refractivity (Wildman–Crippen MR) is 112 cm³/mol. The lowest BCUT2D eigenvalue weighted by molar-refractivity contribution is 0.102. The molecule has 3 rings (SSSR count). The van der Waals surface area contributed by atoms with Crippen molar-refractivity contribution in [2.45, 2.75) is 18.7 Å². The van der Waals surface area contributed by atoms with Crippen molar-refractivity contribution in [3.8, 4) is 0 Å². The van der Waals surface area contributed by atoms with E-state index in [1.54, 1.807) is 19.1 Å². The molecule has 0 bridgehead atoms. The van der Waals surface area contributed by atoms with E-state index in [0.29, 0.717) is 5.69 Å². The average Bonchev–Trinajstić information content (AvgIpc) is 2.68. The Morgan fingerprint density at radius 1 is 0.967 bits per heavy atom. The van der Waals surface area contributed by atoms with Crippen LogP contribution in [0.1, 0.15) is 21.5 Å². The normalized spacial score (nSPS) is 11.2. The van der Waals surface area contributed by atoms with Gasteiger partial charge in [0.25, 0.3) is 15.9 Å². The lowest BCUT2D eigenvalue weighted by Gasteiger charge is -2.14. The van der Waals surface area contributed by atoms with Crippen LogP contribution in [0, 0.1) is 25.5 Å². The second-order valence-corrected chi connectivity index (χ2v) is 8.61. The highest BCUT2D eigenvalue weighted by Crippen LogP contribution is 2.28. The van der Waals surface area contributed by atoms with Crippen LogP contribution >= 0.6 is 11.6 Å². The van der Waals surface area contributed by atoms with Crippen molar-refractivity contribution in [2.75, 3.05) is 10.0 Å². The summed E-state index contributed by atoms with van der Waals surface area (Å²) in [6.07, 6.45) is 0. The Balaban J connectivity index is 1.94. The second-order valence-electron chi connectivity index (χ2n) is 6.55. The number of anilines is 2. The summed E-state index contributed by atoms with van der Waals surface area (Å²) < 4.78 is 55.8. The van der Waals surface area contributed by atoms with E-state index in [1.165, 1.54) is 12.1 Å². The van der Waals surface area contributed by atoms with E-state index in [2.05, 4.69) is 10.0 Å². The number of carbonyl (C=O) groups excluding carboxylic acids is 1. The first-order valence-electron chi connectivity index (χ1n) is 8.74. The van der Waals surface area contributed by atoms with Gasteiger partial charge in [-0.15, -0.1) is 0 Å². The van der Waals surface area contributed by atoms with Crippen LogP contribution in [0.2, 0.25) is 5.02 Å². The van der Waals surface area contributed by atoms with Gasteiger partial charge in [-0.1, -0.05) is 29.8 Å². The molecule has 0 aromatic heterocycles. The van der Waals surface area contributed by atoms with Gasteiger partial charge in [0.15, 0.2) is 0 Å². The van der Waals surface area contributed by atoms with Gasteiger partial charge in [-0.3, -0.25) is 9.52 Å². The molecule has 156 valence electrons. The van der Waals surface area contributed by atoms with Crippen LogP contribution < -0.4 is 10.0 Å². The lowest BCUT2D eigenvalue weighted by atomic mass is 10.1. The predicted octanol–water partition coefficient (Wildman–Crippen LogP) is 5.29. The third-order valence-electron chi connectivity index (χ3n) is 4.53. The maximum absolute atomic E-state index is 13.8. The Hall–Kier alpha value is -2.97. The Kier molecular flexibility index (Phi) is 6.09. The van der Waals surface area contributed by atoms with Gasteiger partial charge in [0.1, 0.15) is 22.2 Å². The van der Waals surface area contributed by atoms with Crippen LogP contribution in [0.3, 0.4) is 0 Å². The SMILES string of the molecule is Cc1cccc(NS(=O)(=O)c2cc(C(=O)Nc3c(F)cccc3F)ccc2Cl)c1C. The van der Waals surface area contributed by atoms with Gasteiger partial charge >= 0.3 is 0 Å². The van der Waals surface area contributed by atoms with Crippen molar-refractivity contribution < 1.29 is 22.0 Å². The number of sulfonamides is 1. The van der Waals surface area contributed by atoms with E-state index in [-0.39, 0.29) is 15.5 Å². The van der Waals surface area contributed by atoms with Crippen molar-refractivity contribution in [3.63, 3.8) is 0 Å². The lowest BCUT2D eigenvalue weighted by Crippen LogP contribution is -2.18. The molecule has 0 saturated heterocycles. The van der Waals surface area contributed by atoms with Crippen molar-refractivity contribution in [1.29, 1.82) is 0 Å². The average molecular weight is 451 g/mol. The van der Waals surface area contributed by atoms with Crippen molar-refractivity contribution in [2.24, 2.45) is 0 Å². The van der Waals surface area contributed by atoms with Gasteiger partial charge in [0, 0.05) is 5.56 Å². The van der Waals surface area contributed by atoms with Gasteiger partial charge in [0.2, 0.25) is 0 Å². The minimum atomic E-state index is -4.14. The minimum absolute atomic E-state index is 0.110. The van der Waals surface area contributed by atoms with E-state index >= 15 is 0 Å². The fourth-order valence-electron chi connectivity index (χ4n) is 2.71. The molecule has 0 atom stereocenters. The van der Waals surface area contributed by atoms with Crippen LogP contribution in [-0.2, 0) is 10.0 Å². The monoisotopic (exact) mass is 450 g/mol. The Morgan fingerprint density at radius 3 is 2.27 bits per heavy atom. The summed E-state index contributed by atoms with van der Waals surface area (Å²) in [6.45, 7) is 3.61. The largest absolute Gasteiger partial charge is 0.317 e. The number of carbonyl (C=O) groups is 1. The summed E-state index contributed by atoms with van der Waals surface area (Å²) in [5, 5.41) is 2.00. The van der Waals surface area contributed by atoms with E-state index in [1.807, 2.05) is 13.0 Å². The van der Waals surface area contributed by atoms with Crippen LogP contribution in [0.15, 0.2) is 59.5 Å². The summed E-state index contributed by atoms with van der Waals surface area (Å²) in [6, 6.07) is 11.8. The number of benzene rings is 3. The first kappa shape index (κ1) is 21.7. The minimum Gasteiger partial charge on any atom is -0.317 e. The number of amides is 1. The summed E-state index contributed by atoms with van der Waals surface area (Å²) in [4.78, 5) is 12.1. The number of hydrogen-bond acceptors (Lipinski definition) is 3. The first-order chi connectivity index (χ1) is 14.1. The third-order valence-corrected chi connectivity index (χ3v) is 6.38. The molecule has 2 N–H and O–H groups in total. The molecule has 0 unspecified atom stereocenters. The highest BCUT2D eigenvalue weighted by atomic mass is 35.5. The summed E-state index contributed by atoms with van der Waals surface area (Å²) in [5.74, 6) is -2.80. The summed E-state index contributed by atoms with van der Waals surface area (Å²) in [5.41, 5.74) is 1.23. The first-order valence-corrected chi connectivity index (χ1v) is 10.6. The number of nitrogens with one attached hydrogen (secondary N) is 2. The zero-order chi connectivity index (χ0) is 22.1. The maximum atomic E-state index is 13.8. The van der Waals surface area contributed by atoms with E-state index in [9.17, 15) is 22.0 Å². The quantitative estimate of drug-likeness (QED) is 0.554. The summed E-state index contributed by atoms with van der Waals surface area (Å²) in [7, 11) is -4.14. The smallest absolute Gasteiger partial charge is 0.263 e. The van der Waals surface area contributed by atoms with Crippen LogP contribution in [0.25, 0.3) is 0 Å². The molecule has 3 aromatic rings. The number of halogens is 3. The Bertz CT molecular complexity index is 1230. The van der Waals surface area contributed by atoms with Gasteiger partial charge in [-0.05, 0) is 61.4 Å². The standard InChI is InChI=1S/C21H17ClF2N2O3S/c1-12-5-3-8-18(13(12)2)26-30(28,29)19-11-14(9-10-15(19)22)21(27)25-20-16(23)6-4-7-17(20)24/h3-11,26H,1-2H3,(H,25,27). The molecule has 0 saturated carbocycles. The molecular weight excluding hydrogens is 434 g/mol. The molecular formula is C21H17ClF2N2O3S. The molecule has 0 aliphatic heterocycles. The zero-order valence-electron chi connectivity index (χ0n) is 16.0. The van der Waals surface area contributed by atoms with E-state index in [0.717, 1.165) is 35.4 Å². The molecule has 0 radical (unpaired) electrons. The zero-order valence-corrected chi connectivity index (χ0v) is 17.5. The maximum Gasteiger partial charge on any atom is 0.263 e. The second kappa shape index (κ2) is 8.41. The Morgan fingerprint density at radius 2 is 1.60 bits per heavy atom. The highest BCUT2D eigenvalue weighted by molar-refractivity contribution is 7.92. The topological polar surface area (TPSA) is 75.3 Å². The van der Waals surface area contributed by atoms with Crippen molar-refractivity contribution in [3.05, 3.63) is 87.9 Å². The van der Waals surface area contributed by atoms with Gasteiger partial charge in [-0.25, -0.2) is 17.2 Å². The van der Waals surface area contributed by atoms with E-state index in [4.69, 9.17) is 11.6 Å². The molecule has 0 aliphatic rings. The molecule has 0 fully saturated rings. The molecule has 9 heteroatoms. The molecule has 5 nitrogen and oxygen atoms in total. The van der Waals surface area contributed by atoms with Gasteiger partial charge < -0.3 is 5.32 Å². The molecule has 0 aliphatic carbocycles. The Labute approximate surface area is 177 Å². The van der Waals surface area contributed by atoms with E-state index < -0.39 is 33.3 Å². The summed E-state index contributed by atoms with van der Waals surface area (Å²) >= 11 is 6.06. The molecule has 1 amide bonds. The number of aryl methyl sites for hydroxylation is 1. The molecule has 0 spiro atoms. The number of hydrogen-bond donors (Lipinski definition) is 2. The molecule has 30 heavy (non-hydrogen) atoms. The number of para-hydroxylation sites is 1. The van der Waals surface area contributed by atoms with Crippen LogP contribution in [0.4, 0.5) is 20.2 Å². The van der Waals surface area contributed by atoms with Gasteiger partial charge in [0.05, 0.1) is 10.7 Å². The number of rotatable bonds is 5. The third kappa shape index (κ3) is 4.44. The molecule has 3 aromatic carbocycles.